The molecule has 8 heteroatoms. The highest BCUT2D eigenvalue weighted by atomic mass is 79.9. The molecular weight excluding hydrogens is 432 g/mol. The Morgan fingerprint density at radius 2 is 2.00 bits per heavy atom. The fraction of sp³-hybridized carbons (Fsp3) is 0.526. The Hall–Kier alpha value is -1.22. The summed E-state index contributed by atoms with van der Waals surface area (Å²) in [5.41, 5.74) is 1.75. The first kappa shape index (κ1) is 20.5. The van der Waals surface area contributed by atoms with E-state index in [1.165, 1.54) is 28.8 Å². The topological polar surface area (TPSA) is 75.7 Å². The van der Waals surface area contributed by atoms with Gasteiger partial charge in [-0.25, -0.2) is 8.42 Å². The number of carbonyl (C=O) groups excluding carboxylic acids is 1. The van der Waals surface area contributed by atoms with Gasteiger partial charge in [-0.3, -0.25) is 4.79 Å². The minimum absolute atomic E-state index is 0.118. The van der Waals surface area contributed by atoms with Crippen LogP contribution in [0.3, 0.4) is 0 Å². The molecule has 1 aromatic carbocycles. The number of sulfonamides is 1. The Bertz CT molecular complexity index is 817. The molecule has 1 aliphatic heterocycles. The third-order valence-corrected chi connectivity index (χ3v) is 7.79. The van der Waals surface area contributed by atoms with Gasteiger partial charge in [-0.2, -0.15) is 4.31 Å². The third kappa shape index (κ3) is 5.19. The van der Waals surface area contributed by atoms with Crippen molar-refractivity contribution in [2.45, 2.75) is 37.0 Å². The van der Waals surface area contributed by atoms with Crippen molar-refractivity contribution in [2.24, 2.45) is 0 Å². The van der Waals surface area contributed by atoms with E-state index in [2.05, 4.69) is 27.3 Å². The van der Waals surface area contributed by atoms with E-state index < -0.39 is 10.0 Å². The van der Waals surface area contributed by atoms with Crippen LogP contribution in [-0.4, -0.2) is 51.5 Å². The normalized spacial score (nSPS) is 18.8. The van der Waals surface area contributed by atoms with Crippen molar-refractivity contribution >= 4 is 31.9 Å². The summed E-state index contributed by atoms with van der Waals surface area (Å²) >= 11 is 3.31. The smallest absolute Gasteiger partial charge is 0.251 e. The van der Waals surface area contributed by atoms with Crippen LogP contribution in [0.2, 0.25) is 0 Å². The summed E-state index contributed by atoms with van der Waals surface area (Å²) in [6, 6.07) is 4.70. The molecular formula is C19H25BrN2O4S. The number of halogens is 1. The number of amides is 1. The molecule has 0 aromatic heterocycles. The second-order valence-corrected chi connectivity index (χ2v) is 9.54. The average Bonchev–Trinajstić information content (AvgIpc) is 2.69. The lowest BCUT2D eigenvalue weighted by molar-refractivity contribution is 0.0730. The first-order valence-electron chi connectivity index (χ1n) is 9.32. The SMILES string of the molecule is O=C(NCCC1=CCCCC1)c1ccc(Br)c(S(=O)(=O)N2CCOCC2)c1. The Kier molecular flexibility index (Phi) is 7.08. The van der Waals surface area contributed by atoms with E-state index in [1.807, 2.05) is 0 Å². The lowest BCUT2D eigenvalue weighted by Crippen LogP contribution is -2.40. The van der Waals surface area contributed by atoms with Crippen molar-refractivity contribution in [3.05, 3.63) is 39.9 Å². The zero-order valence-corrected chi connectivity index (χ0v) is 17.6. The van der Waals surface area contributed by atoms with Crippen molar-refractivity contribution in [2.75, 3.05) is 32.8 Å². The second kappa shape index (κ2) is 9.32. The first-order valence-corrected chi connectivity index (χ1v) is 11.6. The van der Waals surface area contributed by atoms with Gasteiger partial charge in [0.05, 0.1) is 18.1 Å². The van der Waals surface area contributed by atoms with Crippen molar-refractivity contribution in [1.29, 1.82) is 0 Å². The molecule has 0 atom stereocenters. The Balaban J connectivity index is 1.68. The zero-order valence-electron chi connectivity index (χ0n) is 15.2. The van der Waals surface area contributed by atoms with Crippen LogP contribution in [0, 0.1) is 0 Å². The fourth-order valence-corrected chi connectivity index (χ4v) is 5.70. The number of ether oxygens (including phenoxy) is 1. The van der Waals surface area contributed by atoms with Crippen LogP contribution in [-0.2, 0) is 14.8 Å². The lowest BCUT2D eigenvalue weighted by atomic mass is 9.97. The second-order valence-electron chi connectivity index (χ2n) is 6.78. The van der Waals surface area contributed by atoms with Gasteiger partial charge in [-0.1, -0.05) is 11.6 Å². The first-order chi connectivity index (χ1) is 13.0. The Morgan fingerprint density at radius 3 is 2.70 bits per heavy atom. The number of hydrogen-bond donors (Lipinski definition) is 1. The van der Waals surface area contributed by atoms with E-state index in [4.69, 9.17) is 4.74 Å². The van der Waals surface area contributed by atoms with Crippen LogP contribution in [0.4, 0.5) is 0 Å². The van der Waals surface area contributed by atoms with E-state index in [9.17, 15) is 13.2 Å². The molecule has 1 aromatic rings. The van der Waals surface area contributed by atoms with Gasteiger partial charge in [-0.15, -0.1) is 0 Å². The number of nitrogens with zero attached hydrogens (tertiary/aromatic N) is 1. The number of rotatable bonds is 6. The van der Waals surface area contributed by atoms with E-state index >= 15 is 0 Å². The van der Waals surface area contributed by atoms with Gasteiger partial charge in [-0.05, 0) is 66.2 Å². The number of nitrogens with one attached hydrogen (secondary N) is 1. The molecule has 1 aliphatic carbocycles. The van der Waals surface area contributed by atoms with Crippen molar-refractivity contribution in [1.82, 2.24) is 9.62 Å². The summed E-state index contributed by atoms with van der Waals surface area (Å²) in [5.74, 6) is -0.252. The van der Waals surface area contributed by atoms with E-state index in [0.29, 0.717) is 42.9 Å². The molecule has 0 bridgehead atoms. The van der Waals surface area contributed by atoms with Crippen LogP contribution in [0.25, 0.3) is 0 Å². The maximum atomic E-state index is 12.9. The Labute approximate surface area is 169 Å². The van der Waals surface area contributed by atoms with Crippen LogP contribution in [0.5, 0.6) is 0 Å². The summed E-state index contributed by atoms with van der Waals surface area (Å²) in [6.45, 7) is 1.96. The highest BCUT2D eigenvalue weighted by Gasteiger charge is 2.28. The van der Waals surface area contributed by atoms with Gasteiger partial charge in [0.15, 0.2) is 0 Å². The molecule has 2 aliphatic rings. The summed E-state index contributed by atoms with van der Waals surface area (Å²) in [4.78, 5) is 12.6. The van der Waals surface area contributed by atoms with Gasteiger partial charge >= 0.3 is 0 Å². The number of morpholine rings is 1. The number of benzene rings is 1. The average molecular weight is 457 g/mol. The molecule has 0 saturated carbocycles. The van der Waals surface area contributed by atoms with Gasteiger partial charge in [0, 0.05) is 29.7 Å². The highest BCUT2D eigenvalue weighted by molar-refractivity contribution is 9.10. The molecule has 6 nitrogen and oxygen atoms in total. The lowest BCUT2D eigenvalue weighted by Gasteiger charge is -2.26. The molecule has 1 N–H and O–H groups in total. The number of hydrogen-bond acceptors (Lipinski definition) is 4. The molecule has 27 heavy (non-hydrogen) atoms. The van der Waals surface area contributed by atoms with Crippen LogP contribution < -0.4 is 5.32 Å². The molecule has 148 valence electrons. The zero-order chi connectivity index (χ0) is 19.3. The van der Waals surface area contributed by atoms with Gasteiger partial charge in [0.25, 0.3) is 5.91 Å². The summed E-state index contributed by atoms with van der Waals surface area (Å²) < 4.78 is 32.9. The summed E-state index contributed by atoms with van der Waals surface area (Å²) in [7, 11) is -3.67. The van der Waals surface area contributed by atoms with Gasteiger partial charge in [0.1, 0.15) is 0 Å². The van der Waals surface area contributed by atoms with Crippen LogP contribution in [0.15, 0.2) is 39.2 Å². The number of carbonyl (C=O) groups is 1. The molecule has 1 heterocycles. The van der Waals surface area contributed by atoms with E-state index in [1.54, 1.807) is 12.1 Å². The quantitative estimate of drug-likeness (QED) is 0.667. The molecule has 0 radical (unpaired) electrons. The maximum absolute atomic E-state index is 12.9. The highest BCUT2D eigenvalue weighted by Crippen LogP contribution is 2.27. The molecule has 1 amide bonds. The largest absolute Gasteiger partial charge is 0.379 e. The molecule has 1 saturated heterocycles. The van der Waals surface area contributed by atoms with E-state index in [-0.39, 0.29) is 10.8 Å². The predicted molar refractivity (Wildman–Crippen MR) is 107 cm³/mol. The predicted octanol–water partition coefficient (Wildman–Crippen LogP) is 3.09. The van der Waals surface area contributed by atoms with Crippen molar-refractivity contribution in [3.63, 3.8) is 0 Å². The molecule has 0 spiro atoms. The van der Waals surface area contributed by atoms with Crippen LogP contribution >= 0.6 is 15.9 Å². The minimum Gasteiger partial charge on any atom is -0.379 e. The van der Waals surface area contributed by atoms with Gasteiger partial charge < -0.3 is 10.1 Å². The molecule has 3 rings (SSSR count). The van der Waals surface area contributed by atoms with Crippen LogP contribution in [0.1, 0.15) is 42.5 Å². The summed E-state index contributed by atoms with van der Waals surface area (Å²) in [6.07, 6.45) is 7.81. The van der Waals surface area contributed by atoms with E-state index in [0.717, 1.165) is 19.3 Å². The maximum Gasteiger partial charge on any atom is 0.251 e. The Morgan fingerprint density at radius 1 is 1.22 bits per heavy atom. The van der Waals surface area contributed by atoms with Gasteiger partial charge in [0.2, 0.25) is 10.0 Å². The fourth-order valence-electron chi connectivity index (χ4n) is 3.34. The standard InChI is InChI=1S/C19H25BrN2O4S/c20-17-7-6-16(19(23)21-9-8-15-4-2-1-3-5-15)14-18(17)27(24,25)22-10-12-26-13-11-22/h4,6-7,14H,1-3,5,8-13H2,(H,21,23). The third-order valence-electron chi connectivity index (χ3n) is 4.90. The minimum atomic E-state index is -3.67. The molecule has 1 fully saturated rings. The number of allylic oxidation sites excluding steroid dienone is 1. The molecule has 0 unspecified atom stereocenters. The monoisotopic (exact) mass is 456 g/mol. The van der Waals surface area contributed by atoms with Crippen molar-refractivity contribution < 1.29 is 17.9 Å². The summed E-state index contributed by atoms with van der Waals surface area (Å²) in [5, 5.41) is 2.90. The van der Waals surface area contributed by atoms with Crippen molar-refractivity contribution in [3.8, 4) is 0 Å².